The molecule has 1 fully saturated rings. The summed E-state index contributed by atoms with van der Waals surface area (Å²) in [6.07, 6.45) is 3.75. The van der Waals surface area contributed by atoms with E-state index in [1.807, 2.05) is 0 Å². The number of hydrogen-bond acceptors (Lipinski definition) is 4. The van der Waals surface area contributed by atoms with Crippen LogP contribution >= 0.6 is 0 Å². The van der Waals surface area contributed by atoms with E-state index in [2.05, 4.69) is 22.2 Å². The van der Waals surface area contributed by atoms with Crippen molar-refractivity contribution < 1.29 is 17.9 Å². The van der Waals surface area contributed by atoms with Crippen molar-refractivity contribution in [3.05, 3.63) is 36.2 Å². The predicted molar refractivity (Wildman–Crippen MR) is 95.8 cm³/mol. The summed E-state index contributed by atoms with van der Waals surface area (Å²) in [5.41, 5.74) is -0.604. The van der Waals surface area contributed by atoms with Crippen LogP contribution in [0.2, 0.25) is 0 Å². The number of aromatic nitrogens is 2. The highest BCUT2D eigenvalue weighted by atomic mass is 19.4. The van der Waals surface area contributed by atoms with Crippen molar-refractivity contribution in [1.82, 2.24) is 15.3 Å². The first-order chi connectivity index (χ1) is 12.4. The molecule has 26 heavy (non-hydrogen) atoms. The van der Waals surface area contributed by atoms with Crippen LogP contribution in [0.15, 0.2) is 30.6 Å². The van der Waals surface area contributed by atoms with Crippen molar-refractivity contribution in [3.8, 4) is 0 Å². The summed E-state index contributed by atoms with van der Waals surface area (Å²) in [7, 11) is 1.76. The number of hydrogen-bond donors (Lipinski definition) is 1. The van der Waals surface area contributed by atoms with Gasteiger partial charge in [0.2, 0.25) is 0 Å². The maximum absolute atomic E-state index is 12.5. The fourth-order valence-corrected chi connectivity index (χ4v) is 3.21. The number of halogens is 3. The molecule has 1 aromatic carbocycles. The lowest BCUT2D eigenvalue weighted by molar-refractivity contribution is -0.136. The predicted octanol–water partition coefficient (Wildman–Crippen LogP) is 4.45. The van der Waals surface area contributed by atoms with Gasteiger partial charge >= 0.3 is 6.18 Å². The maximum Gasteiger partial charge on any atom is 0.418 e. The van der Waals surface area contributed by atoms with Crippen LogP contribution in [0.5, 0.6) is 0 Å². The van der Waals surface area contributed by atoms with Crippen LogP contribution in [0.3, 0.4) is 0 Å². The van der Waals surface area contributed by atoms with Gasteiger partial charge in [-0.05, 0) is 30.9 Å². The third-order valence-corrected chi connectivity index (χ3v) is 4.48. The lowest BCUT2D eigenvalue weighted by atomic mass is 9.87. The van der Waals surface area contributed by atoms with Gasteiger partial charge in [0.1, 0.15) is 5.52 Å². The summed E-state index contributed by atoms with van der Waals surface area (Å²) in [4.78, 5) is 7.46. The molecule has 2 aromatic rings. The van der Waals surface area contributed by atoms with Crippen LogP contribution in [0.1, 0.15) is 38.2 Å². The fourth-order valence-electron chi connectivity index (χ4n) is 3.21. The molecule has 2 unspecified atom stereocenters. The summed E-state index contributed by atoms with van der Waals surface area (Å²) in [6.45, 7) is 4.20. The second kappa shape index (κ2) is 9.83. The molecule has 0 amide bonds. The number of benzene rings is 1. The van der Waals surface area contributed by atoms with Crippen molar-refractivity contribution in [2.75, 3.05) is 20.3 Å². The van der Waals surface area contributed by atoms with Gasteiger partial charge in [-0.25, -0.2) is 0 Å². The normalized spacial score (nSPS) is 20.5. The van der Waals surface area contributed by atoms with Crippen LogP contribution < -0.4 is 5.32 Å². The largest absolute Gasteiger partial charge is 0.418 e. The standard InChI is InChI=1S/C10H21NO.C9H5F3N2/c1-9-4-3-5-10(8-9)11-6-7-12-2;10-9(11,12)6-2-1-3-7-8(6)14-5-4-13-7/h9-11H,3-8H2,1-2H3;1-5H. The molecule has 3 rings (SSSR count). The van der Waals surface area contributed by atoms with Crippen LogP contribution in [-0.4, -0.2) is 36.3 Å². The van der Waals surface area contributed by atoms with Crippen molar-refractivity contribution in [1.29, 1.82) is 0 Å². The number of rotatable bonds is 4. The molecule has 1 saturated carbocycles. The van der Waals surface area contributed by atoms with Crippen molar-refractivity contribution in [3.63, 3.8) is 0 Å². The molecule has 7 heteroatoms. The third kappa shape index (κ3) is 6.21. The van der Waals surface area contributed by atoms with E-state index in [1.54, 1.807) is 7.11 Å². The molecule has 1 aliphatic rings. The van der Waals surface area contributed by atoms with Gasteiger partial charge in [-0.3, -0.25) is 9.97 Å². The molecule has 0 aliphatic heterocycles. The van der Waals surface area contributed by atoms with E-state index in [-0.39, 0.29) is 11.0 Å². The van der Waals surface area contributed by atoms with Crippen LogP contribution in [0.25, 0.3) is 11.0 Å². The number of nitrogens with one attached hydrogen (secondary N) is 1. The molecule has 0 radical (unpaired) electrons. The Balaban J connectivity index is 0.000000190. The lowest BCUT2D eigenvalue weighted by Crippen LogP contribution is -2.35. The monoisotopic (exact) mass is 369 g/mol. The van der Waals surface area contributed by atoms with Gasteiger partial charge in [0.15, 0.2) is 0 Å². The minimum absolute atomic E-state index is 0.109. The zero-order valence-electron chi connectivity index (χ0n) is 15.2. The number of fused-ring (bicyclic) bond motifs is 1. The highest BCUT2D eigenvalue weighted by Crippen LogP contribution is 2.32. The van der Waals surface area contributed by atoms with Crippen molar-refractivity contribution >= 4 is 11.0 Å². The second-order valence-corrected chi connectivity index (χ2v) is 6.64. The quantitative estimate of drug-likeness (QED) is 0.809. The molecule has 0 spiro atoms. The average Bonchev–Trinajstić information content (AvgIpc) is 2.61. The van der Waals surface area contributed by atoms with Gasteiger partial charge in [-0.15, -0.1) is 0 Å². The number of ether oxygens (including phenoxy) is 1. The van der Waals surface area contributed by atoms with E-state index >= 15 is 0 Å². The summed E-state index contributed by atoms with van der Waals surface area (Å²) in [6, 6.07) is 4.57. The van der Waals surface area contributed by atoms with Gasteiger partial charge < -0.3 is 10.1 Å². The lowest BCUT2D eigenvalue weighted by Gasteiger charge is -2.27. The molecule has 1 aliphatic carbocycles. The highest BCUT2D eigenvalue weighted by molar-refractivity contribution is 5.77. The Kier molecular flexibility index (Phi) is 7.78. The van der Waals surface area contributed by atoms with E-state index in [4.69, 9.17) is 4.74 Å². The molecule has 0 saturated heterocycles. The Morgan fingerprint density at radius 3 is 2.65 bits per heavy atom. The molecule has 4 nitrogen and oxygen atoms in total. The maximum atomic E-state index is 12.5. The molecule has 144 valence electrons. The van der Waals surface area contributed by atoms with Crippen LogP contribution in [0.4, 0.5) is 13.2 Å². The Bertz CT molecular complexity index is 673. The smallest absolute Gasteiger partial charge is 0.383 e. The van der Waals surface area contributed by atoms with Crippen LogP contribution in [-0.2, 0) is 10.9 Å². The van der Waals surface area contributed by atoms with E-state index in [0.717, 1.165) is 31.2 Å². The first kappa shape index (κ1) is 20.6. The van der Waals surface area contributed by atoms with Gasteiger partial charge in [-0.2, -0.15) is 13.2 Å². The van der Waals surface area contributed by atoms with E-state index in [9.17, 15) is 13.2 Å². The zero-order valence-corrected chi connectivity index (χ0v) is 15.2. The number of methoxy groups -OCH3 is 1. The summed E-state index contributed by atoms with van der Waals surface area (Å²) in [5, 5.41) is 3.53. The zero-order chi connectivity index (χ0) is 19.0. The summed E-state index contributed by atoms with van der Waals surface area (Å²) < 4.78 is 42.3. The topological polar surface area (TPSA) is 47.0 Å². The second-order valence-electron chi connectivity index (χ2n) is 6.64. The Morgan fingerprint density at radius 2 is 1.96 bits per heavy atom. The van der Waals surface area contributed by atoms with Gasteiger partial charge in [0.25, 0.3) is 0 Å². The molecular formula is C19H26F3N3O. The summed E-state index contributed by atoms with van der Waals surface area (Å²) in [5.74, 6) is 0.916. The van der Waals surface area contributed by atoms with Crippen LogP contribution in [0, 0.1) is 5.92 Å². The van der Waals surface area contributed by atoms with Gasteiger partial charge in [-0.1, -0.05) is 25.8 Å². The van der Waals surface area contributed by atoms with Gasteiger partial charge in [0.05, 0.1) is 17.7 Å². The van der Waals surface area contributed by atoms with E-state index < -0.39 is 11.7 Å². The fraction of sp³-hybridized carbons (Fsp3) is 0.579. The third-order valence-electron chi connectivity index (χ3n) is 4.48. The molecule has 0 bridgehead atoms. The minimum atomic E-state index is -4.38. The SMILES string of the molecule is COCCNC1CCCC(C)C1.FC(F)(F)c1cccc2nccnc12. The molecule has 1 aromatic heterocycles. The van der Waals surface area contributed by atoms with E-state index in [1.165, 1.54) is 50.2 Å². The Hall–Kier alpha value is -1.73. The first-order valence-corrected chi connectivity index (χ1v) is 8.91. The number of nitrogens with zero attached hydrogens (tertiary/aromatic N) is 2. The first-order valence-electron chi connectivity index (χ1n) is 8.91. The average molecular weight is 369 g/mol. The minimum Gasteiger partial charge on any atom is -0.383 e. The van der Waals surface area contributed by atoms with E-state index in [0.29, 0.717) is 0 Å². The molecule has 1 heterocycles. The summed E-state index contributed by atoms with van der Waals surface area (Å²) >= 11 is 0. The van der Waals surface area contributed by atoms with Gasteiger partial charge in [0, 0.05) is 32.1 Å². The number of para-hydroxylation sites is 1. The number of alkyl halides is 3. The van der Waals surface area contributed by atoms with Crippen molar-refractivity contribution in [2.24, 2.45) is 5.92 Å². The molecule has 2 atom stereocenters. The molecular weight excluding hydrogens is 343 g/mol. The highest BCUT2D eigenvalue weighted by Gasteiger charge is 2.33. The van der Waals surface area contributed by atoms with Crippen molar-refractivity contribution in [2.45, 2.75) is 44.8 Å². The Morgan fingerprint density at radius 1 is 1.19 bits per heavy atom. The Labute approximate surface area is 152 Å². The molecule has 1 N–H and O–H groups in total.